The fraction of sp³-hybridized carbons (Fsp3) is 0.158. The normalized spacial score (nSPS) is 14.9. The first-order valence-corrected chi connectivity index (χ1v) is 14.0. The number of aromatic nitrogens is 2. The molecule has 1 heterocycles. The Bertz CT molecular complexity index is 1880. The summed E-state index contributed by atoms with van der Waals surface area (Å²) in [5.41, 5.74) is 13.4. The van der Waals surface area contributed by atoms with Crippen molar-refractivity contribution in [2.75, 3.05) is 0 Å². The van der Waals surface area contributed by atoms with Gasteiger partial charge in [0.15, 0.2) is 0 Å². The maximum absolute atomic E-state index is 5.32. The Labute approximate surface area is 236 Å². The zero-order chi connectivity index (χ0) is 27.5. The summed E-state index contributed by atoms with van der Waals surface area (Å²) in [6, 6.07) is 43.0. The largest absolute Gasteiger partial charge is 0.244 e. The van der Waals surface area contributed by atoms with E-state index in [9.17, 15) is 0 Å². The maximum Gasteiger partial charge on any atom is 0.0976 e. The summed E-state index contributed by atoms with van der Waals surface area (Å²) >= 11 is 0. The van der Waals surface area contributed by atoms with Crippen LogP contribution < -0.4 is 0 Å². The Morgan fingerprint density at radius 3 is 1.65 bits per heavy atom. The van der Waals surface area contributed by atoms with E-state index >= 15 is 0 Å². The summed E-state index contributed by atoms with van der Waals surface area (Å²) < 4.78 is 0. The number of rotatable bonds is 3. The minimum Gasteiger partial charge on any atom is -0.244 e. The smallest absolute Gasteiger partial charge is 0.0976 e. The molecule has 1 aliphatic carbocycles. The van der Waals surface area contributed by atoms with Crippen molar-refractivity contribution in [2.24, 2.45) is 0 Å². The van der Waals surface area contributed by atoms with E-state index in [-0.39, 0.29) is 10.8 Å². The molecule has 0 atom stereocenters. The van der Waals surface area contributed by atoms with Gasteiger partial charge in [0.1, 0.15) is 0 Å². The van der Waals surface area contributed by atoms with E-state index in [4.69, 9.17) is 9.97 Å². The van der Waals surface area contributed by atoms with Crippen molar-refractivity contribution in [3.63, 3.8) is 0 Å². The topological polar surface area (TPSA) is 25.8 Å². The quantitative estimate of drug-likeness (QED) is 0.234. The van der Waals surface area contributed by atoms with Gasteiger partial charge in [0, 0.05) is 16.5 Å². The lowest BCUT2D eigenvalue weighted by molar-refractivity contribution is 0.300. The third-order valence-corrected chi connectivity index (χ3v) is 9.23. The molecule has 2 nitrogen and oxygen atoms in total. The number of nitrogens with zero attached hydrogens (tertiary/aromatic N) is 2. The van der Waals surface area contributed by atoms with Crippen LogP contribution in [0.3, 0.4) is 0 Å². The van der Waals surface area contributed by atoms with Crippen LogP contribution in [0.15, 0.2) is 121 Å². The highest BCUT2D eigenvalue weighted by atomic mass is 14.8. The van der Waals surface area contributed by atoms with Gasteiger partial charge in [0.2, 0.25) is 0 Å². The van der Waals surface area contributed by atoms with Crippen LogP contribution in [0.25, 0.3) is 55.8 Å². The molecule has 5 aromatic carbocycles. The Hall–Kier alpha value is -4.56. The highest BCUT2D eigenvalue weighted by Crippen LogP contribution is 2.56. The number of benzene rings is 5. The van der Waals surface area contributed by atoms with E-state index in [1.807, 2.05) is 12.1 Å². The molecule has 0 radical (unpaired) electrons. The lowest BCUT2D eigenvalue weighted by Crippen LogP contribution is -2.44. The molecule has 0 fully saturated rings. The molecule has 1 aliphatic rings. The molecule has 0 N–H and O–H groups in total. The molecule has 0 amide bonds. The van der Waals surface area contributed by atoms with Gasteiger partial charge in [0.05, 0.1) is 22.4 Å². The monoisotopic (exact) mass is 516 g/mol. The highest BCUT2D eigenvalue weighted by molar-refractivity contribution is 5.91. The molecule has 6 aromatic rings. The zero-order valence-corrected chi connectivity index (χ0v) is 23.4. The van der Waals surface area contributed by atoms with Gasteiger partial charge < -0.3 is 0 Å². The second-order valence-corrected chi connectivity index (χ2v) is 11.9. The van der Waals surface area contributed by atoms with E-state index in [2.05, 4.69) is 137 Å². The summed E-state index contributed by atoms with van der Waals surface area (Å²) in [4.78, 5) is 10.6. The summed E-state index contributed by atoms with van der Waals surface area (Å²) in [7, 11) is 0. The van der Waals surface area contributed by atoms with E-state index < -0.39 is 0 Å². The molecule has 40 heavy (non-hydrogen) atoms. The van der Waals surface area contributed by atoms with Crippen molar-refractivity contribution in [1.29, 1.82) is 0 Å². The predicted octanol–water partition coefficient (Wildman–Crippen LogP) is 9.87. The van der Waals surface area contributed by atoms with Gasteiger partial charge in [-0.05, 0) is 50.9 Å². The van der Waals surface area contributed by atoms with E-state index in [1.165, 1.54) is 33.4 Å². The summed E-state index contributed by atoms with van der Waals surface area (Å²) in [5, 5.41) is 0. The predicted molar refractivity (Wildman–Crippen MR) is 167 cm³/mol. The summed E-state index contributed by atoms with van der Waals surface area (Å²) in [6.07, 6.45) is 0. The Kier molecular flexibility index (Phi) is 5.50. The molecule has 1 aromatic heterocycles. The van der Waals surface area contributed by atoms with Crippen LogP contribution in [0.5, 0.6) is 0 Å². The van der Waals surface area contributed by atoms with E-state index in [1.54, 1.807) is 0 Å². The first-order chi connectivity index (χ1) is 19.4. The summed E-state index contributed by atoms with van der Waals surface area (Å²) in [5.74, 6) is 0. The van der Waals surface area contributed by atoms with Crippen LogP contribution in [-0.4, -0.2) is 9.97 Å². The average Bonchev–Trinajstić information content (AvgIpc) is 3.00. The van der Waals surface area contributed by atoms with Crippen LogP contribution >= 0.6 is 0 Å². The van der Waals surface area contributed by atoms with Gasteiger partial charge in [-0.15, -0.1) is 0 Å². The fourth-order valence-electron chi connectivity index (χ4n) is 6.40. The standard InChI is InChI=1S/C38H32N2/c1-37(2)31-18-9-8-15-28(31)29-16-12-17-30(34(29)38(37,3)4)36-35(39-32-19-10-11-20-33(32)40-36)27-23-21-26(22-24-27)25-13-6-5-7-14-25/h5-24H,1-4H3. The third-order valence-electron chi connectivity index (χ3n) is 9.23. The molecular weight excluding hydrogens is 484 g/mol. The van der Waals surface area contributed by atoms with Gasteiger partial charge >= 0.3 is 0 Å². The van der Waals surface area contributed by atoms with Gasteiger partial charge in [-0.2, -0.15) is 0 Å². The lowest BCUT2D eigenvalue weighted by Gasteiger charge is -2.49. The van der Waals surface area contributed by atoms with Crippen LogP contribution in [0, 0.1) is 0 Å². The number of hydrogen-bond acceptors (Lipinski definition) is 2. The molecule has 0 saturated heterocycles. The van der Waals surface area contributed by atoms with Crippen LogP contribution in [0.2, 0.25) is 0 Å². The molecule has 0 spiro atoms. The van der Waals surface area contributed by atoms with Crippen molar-refractivity contribution in [3.8, 4) is 44.8 Å². The Balaban J connectivity index is 1.50. The second-order valence-electron chi connectivity index (χ2n) is 11.9. The summed E-state index contributed by atoms with van der Waals surface area (Å²) in [6.45, 7) is 9.52. The van der Waals surface area contributed by atoms with Gasteiger partial charge in [-0.3, -0.25) is 0 Å². The SMILES string of the molecule is CC1(C)c2ccccc2-c2cccc(-c3nc4ccccc4nc3-c3ccc(-c4ccccc4)cc3)c2C1(C)C. The average molecular weight is 517 g/mol. The minimum absolute atomic E-state index is 0.0749. The molecule has 0 unspecified atom stereocenters. The molecule has 2 heteroatoms. The minimum atomic E-state index is -0.144. The van der Waals surface area contributed by atoms with E-state index in [0.717, 1.165) is 33.5 Å². The van der Waals surface area contributed by atoms with E-state index in [0.29, 0.717) is 0 Å². The van der Waals surface area contributed by atoms with Gasteiger partial charge in [-0.1, -0.05) is 137 Å². The zero-order valence-electron chi connectivity index (χ0n) is 23.4. The van der Waals surface area contributed by atoms with Crippen molar-refractivity contribution < 1.29 is 0 Å². The van der Waals surface area contributed by atoms with Crippen LogP contribution in [-0.2, 0) is 10.8 Å². The second kappa shape index (κ2) is 8.99. The molecule has 0 aliphatic heterocycles. The molecule has 0 bridgehead atoms. The van der Waals surface area contributed by atoms with Crippen molar-refractivity contribution in [1.82, 2.24) is 9.97 Å². The Morgan fingerprint density at radius 1 is 0.400 bits per heavy atom. The molecule has 7 rings (SSSR count). The third kappa shape index (κ3) is 3.63. The molecular formula is C38H32N2. The Morgan fingerprint density at radius 2 is 0.925 bits per heavy atom. The number of hydrogen-bond donors (Lipinski definition) is 0. The van der Waals surface area contributed by atoms with Gasteiger partial charge in [-0.25, -0.2) is 9.97 Å². The highest BCUT2D eigenvalue weighted by Gasteiger charge is 2.47. The van der Waals surface area contributed by atoms with Crippen molar-refractivity contribution >= 4 is 11.0 Å². The first-order valence-electron chi connectivity index (χ1n) is 14.0. The molecule has 194 valence electrons. The fourth-order valence-corrected chi connectivity index (χ4v) is 6.40. The van der Waals surface area contributed by atoms with Gasteiger partial charge in [0.25, 0.3) is 0 Å². The first kappa shape index (κ1) is 24.5. The number of fused-ring (bicyclic) bond motifs is 4. The van der Waals surface area contributed by atoms with Crippen molar-refractivity contribution in [3.05, 3.63) is 132 Å². The molecule has 0 saturated carbocycles. The van der Waals surface area contributed by atoms with Crippen molar-refractivity contribution in [2.45, 2.75) is 38.5 Å². The lowest BCUT2D eigenvalue weighted by atomic mass is 9.54. The van der Waals surface area contributed by atoms with Crippen LogP contribution in [0.1, 0.15) is 38.8 Å². The number of para-hydroxylation sites is 2. The maximum atomic E-state index is 5.32. The van der Waals surface area contributed by atoms with Crippen LogP contribution in [0.4, 0.5) is 0 Å².